The van der Waals surface area contributed by atoms with Crippen molar-refractivity contribution in [2.24, 2.45) is 0 Å². The number of oxazole rings is 2. The molecule has 0 unspecified atom stereocenters. The standard InChI is InChI=1S/C19H12N2O3S/c1-22-11-6-7-15-13(10-11)21-19(24-15)17-9-8-16(25-17)18-20-12-4-2-3-5-14(12)23-18/h2-10H,1H3. The molecule has 5 aromatic rings. The molecule has 0 saturated heterocycles. The van der Waals surface area contributed by atoms with Gasteiger partial charge in [-0.05, 0) is 36.4 Å². The minimum Gasteiger partial charge on any atom is -0.497 e. The lowest BCUT2D eigenvalue weighted by molar-refractivity contribution is 0.415. The van der Waals surface area contributed by atoms with E-state index in [9.17, 15) is 0 Å². The highest BCUT2D eigenvalue weighted by molar-refractivity contribution is 7.18. The van der Waals surface area contributed by atoms with Gasteiger partial charge in [0, 0.05) is 6.07 Å². The summed E-state index contributed by atoms with van der Waals surface area (Å²) in [4.78, 5) is 10.9. The van der Waals surface area contributed by atoms with Crippen LogP contribution in [0.25, 0.3) is 43.7 Å². The van der Waals surface area contributed by atoms with Crippen LogP contribution < -0.4 is 4.74 Å². The van der Waals surface area contributed by atoms with Gasteiger partial charge in [-0.2, -0.15) is 0 Å². The van der Waals surface area contributed by atoms with Gasteiger partial charge in [0.05, 0.1) is 16.9 Å². The number of thiophene rings is 1. The molecule has 3 heterocycles. The first-order chi connectivity index (χ1) is 12.3. The fourth-order valence-electron chi connectivity index (χ4n) is 2.68. The van der Waals surface area contributed by atoms with E-state index in [1.54, 1.807) is 7.11 Å². The van der Waals surface area contributed by atoms with Gasteiger partial charge in [0.15, 0.2) is 11.2 Å². The van der Waals surface area contributed by atoms with Crippen LogP contribution in [0, 0.1) is 0 Å². The molecule has 0 amide bonds. The number of hydrogen-bond acceptors (Lipinski definition) is 6. The van der Waals surface area contributed by atoms with E-state index in [1.807, 2.05) is 54.6 Å². The first kappa shape index (κ1) is 14.2. The average molecular weight is 348 g/mol. The Kier molecular flexibility index (Phi) is 3.11. The second-order valence-corrected chi connectivity index (χ2v) is 6.59. The van der Waals surface area contributed by atoms with Crippen LogP contribution in [-0.2, 0) is 0 Å². The predicted molar refractivity (Wildman–Crippen MR) is 96.9 cm³/mol. The van der Waals surface area contributed by atoms with Crippen LogP contribution >= 0.6 is 11.3 Å². The van der Waals surface area contributed by atoms with E-state index in [0.717, 1.165) is 37.7 Å². The van der Waals surface area contributed by atoms with Crippen molar-refractivity contribution in [1.82, 2.24) is 9.97 Å². The molecule has 0 saturated carbocycles. The van der Waals surface area contributed by atoms with E-state index in [-0.39, 0.29) is 0 Å². The number of nitrogens with zero attached hydrogens (tertiary/aromatic N) is 2. The van der Waals surface area contributed by atoms with Crippen molar-refractivity contribution in [3.8, 4) is 27.3 Å². The van der Waals surface area contributed by atoms with Crippen LogP contribution in [0.4, 0.5) is 0 Å². The molecule has 25 heavy (non-hydrogen) atoms. The topological polar surface area (TPSA) is 61.3 Å². The molecular formula is C19H12N2O3S. The van der Waals surface area contributed by atoms with Crippen molar-refractivity contribution >= 4 is 33.5 Å². The smallest absolute Gasteiger partial charge is 0.237 e. The van der Waals surface area contributed by atoms with Crippen LogP contribution in [0.1, 0.15) is 0 Å². The third-order valence-electron chi connectivity index (χ3n) is 3.92. The van der Waals surface area contributed by atoms with Crippen LogP contribution in [0.15, 0.2) is 63.4 Å². The summed E-state index contributed by atoms with van der Waals surface area (Å²) in [7, 11) is 1.63. The Labute approximate surface area is 146 Å². The summed E-state index contributed by atoms with van der Waals surface area (Å²) in [6.45, 7) is 0. The molecule has 0 fully saturated rings. The SMILES string of the molecule is COc1ccc2oc(-c3ccc(-c4nc5ccccc5o4)s3)nc2c1. The average Bonchev–Trinajstić information content (AvgIpc) is 3.36. The van der Waals surface area contributed by atoms with Crippen LogP contribution in [0.3, 0.4) is 0 Å². The molecule has 6 heteroatoms. The van der Waals surface area contributed by atoms with E-state index < -0.39 is 0 Å². The lowest BCUT2D eigenvalue weighted by Crippen LogP contribution is -1.80. The summed E-state index contributed by atoms with van der Waals surface area (Å²) in [6, 6.07) is 17.2. The van der Waals surface area contributed by atoms with E-state index in [4.69, 9.17) is 13.6 Å². The van der Waals surface area contributed by atoms with E-state index in [1.165, 1.54) is 11.3 Å². The highest BCUT2D eigenvalue weighted by Crippen LogP contribution is 2.36. The Bertz CT molecular complexity index is 1170. The Morgan fingerprint density at radius 2 is 1.48 bits per heavy atom. The molecule has 0 bridgehead atoms. The maximum atomic E-state index is 5.85. The summed E-state index contributed by atoms with van der Waals surface area (Å²) in [5, 5.41) is 0. The monoisotopic (exact) mass is 348 g/mol. The first-order valence-corrected chi connectivity index (χ1v) is 8.52. The molecule has 5 nitrogen and oxygen atoms in total. The Balaban J connectivity index is 1.55. The molecule has 0 atom stereocenters. The number of benzene rings is 2. The van der Waals surface area contributed by atoms with Gasteiger partial charge in [0.2, 0.25) is 11.8 Å². The first-order valence-electron chi connectivity index (χ1n) is 7.71. The number of rotatable bonds is 3. The summed E-state index contributed by atoms with van der Waals surface area (Å²) in [6.07, 6.45) is 0. The number of fused-ring (bicyclic) bond motifs is 2. The Morgan fingerprint density at radius 3 is 2.20 bits per heavy atom. The normalized spacial score (nSPS) is 11.4. The summed E-state index contributed by atoms with van der Waals surface area (Å²) in [5.41, 5.74) is 3.13. The Hall–Kier alpha value is -3.12. The van der Waals surface area contributed by atoms with Gasteiger partial charge in [-0.15, -0.1) is 11.3 Å². The Morgan fingerprint density at radius 1 is 0.800 bits per heavy atom. The van der Waals surface area contributed by atoms with Gasteiger partial charge in [0.1, 0.15) is 16.8 Å². The van der Waals surface area contributed by atoms with Gasteiger partial charge in [-0.3, -0.25) is 0 Å². The highest BCUT2D eigenvalue weighted by Gasteiger charge is 2.15. The number of hydrogen-bond donors (Lipinski definition) is 0. The molecule has 0 aliphatic carbocycles. The molecule has 122 valence electrons. The maximum absolute atomic E-state index is 5.85. The minimum absolute atomic E-state index is 0.579. The molecule has 5 rings (SSSR count). The zero-order valence-electron chi connectivity index (χ0n) is 13.2. The van der Waals surface area contributed by atoms with Crippen LogP contribution in [-0.4, -0.2) is 17.1 Å². The van der Waals surface area contributed by atoms with E-state index >= 15 is 0 Å². The highest BCUT2D eigenvalue weighted by atomic mass is 32.1. The lowest BCUT2D eigenvalue weighted by atomic mass is 10.3. The van der Waals surface area contributed by atoms with Gasteiger partial charge < -0.3 is 13.6 Å². The third kappa shape index (κ3) is 2.38. The van der Waals surface area contributed by atoms with E-state index in [2.05, 4.69) is 9.97 Å². The van der Waals surface area contributed by atoms with Gasteiger partial charge in [-0.25, -0.2) is 9.97 Å². The van der Waals surface area contributed by atoms with Crippen molar-refractivity contribution in [2.45, 2.75) is 0 Å². The largest absolute Gasteiger partial charge is 0.497 e. The zero-order valence-corrected chi connectivity index (χ0v) is 14.0. The summed E-state index contributed by atoms with van der Waals surface area (Å²) < 4.78 is 16.9. The summed E-state index contributed by atoms with van der Waals surface area (Å²) in [5.74, 6) is 1.94. The molecule has 3 aromatic heterocycles. The van der Waals surface area contributed by atoms with Crippen molar-refractivity contribution in [3.63, 3.8) is 0 Å². The molecule has 0 spiro atoms. The maximum Gasteiger partial charge on any atom is 0.237 e. The number of para-hydroxylation sites is 2. The zero-order chi connectivity index (χ0) is 16.8. The van der Waals surface area contributed by atoms with Crippen molar-refractivity contribution in [3.05, 3.63) is 54.6 Å². The molecular weight excluding hydrogens is 336 g/mol. The predicted octanol–water partition coefficient (Wildman–Crippen LogP) is 5.37. The fraction of sp³-hybridized carbons (Fsp3) is 0.0526. The van der Waals surface area contributed by atoms with Crippen molar-refractivity contribution in [2.75, 3.05) is 7.11 Å². The molecule has 2 aromatic carbocycles. The second kappa shape index (κ2) is 5.46. The van der Waals surface area contributed by atoms with Crippen LogP contribution in [0.5, 0.6) is 5.75 Å². The number of methoxy groups -OCH3 is 1. The van der Waals surface area contributed by atoms with Crippen molar-refractivity contribution in [1.29, 1.82) is 0 Å². The minimum atomic E-state index is 0.579. The lowest BCUT2D eigenvalue weighted by Gasteiger charge is -1.95. The quantitative estimate of drug-likeness (QED) is 0.438. The summed E-state index contributed by atoms with van der Waals surface area (Å²) >= 11 is 1.54. The number of aromatic nitrogens is 2. The molecule has 0 N–H and O–H groups in total. The van der Waals surface area contributed by atoms with Gasteiger partial charge >= 0.3 is 0 Å². The van der Waals surface area contributed by atoms with E-state index in [0.29, 0.717) is 11.8 Å². The van der Waals surface area contributed by atoms with Crippen molar-refractivity contribution < 1.29 is 13.6 Å². The molecule has 0 aliphatic rings. The van der Waals surface area contributed by atoms with Gasteiger partial charge in [-0.1, -0.05) is 12.1 Å². The molecule has 0 aliphatic heterocycles. The van der Waals surface area contributed by atoms with Crippen LogP contribution in [0.2, 0.25) is 0 Å². The third-order valence-corrected chi connectivity index (χ3v) is 4.98. The fourth-order valence-corrected chi connectivity index (χ4v) is 3.54. The number of ether oxygens (including phenoxy) is 1. The molecule has 0 radical (unpaired) electrons. The van der Waals surface area contributed by atoms with Gasteiger partial charge in [0.25, 0.3) is 0 Å². The second-order valence-electron chi connectivity index (χ2n) is 5.50.